The van der Waals surface area contributed by atoms with Gasteiger partial charge in [-0.3, -0.25) is 0 Å². The summed E-state index contributed by atoms with van der Waals surface area (Å²) in [7, 11) is 2.96. The summed E-state index contributed by atoms with van der Waals surface area (Å²) in [6, 6.07) is 4.03. The van der Waals surface area contributed by atoms with Crippen molar-refractivity contribution in [3.8, 4) is 29.2 Å². The van der Waals surface area contributed by atoms with E-state index in [2.05, 4.69) is 20.2 Å². The van der Waals surface area contributed by atoms with Crippen LogP contribution in [-0.4, -0.2) is 46.1 Å². The molecule has 2 atom stereocenters. The number of aromatic nitrogens is 4. The SMILES string of the molecule is COc1ncc(-c2cc([C@H]3CC3CO)c(C#N)nn2)c(OC)n1. The summed E-state index contributed by atoms with van der Waals surface area (Å²) in [5.74, 6) is 0.624. The zero-order valence-corrected chi connectivity index (χ0v) is 12.7. The average molecular weight is 313 g/mol. The molecule has 1 aliphatic carbocycles. The minimum absolute atomic E-state index is 0.0994. The highest BCUT2D eigenvalue weighted by atomic mass is 16.5. The fourth-order valence-electron chi connectivity index (χ4n) is 2.52. The summed E-state index contributed by atoms with van der Waals surface area (Å²) in [5.41, 5.74) is 2.15. The molecule has 1 saturated carbocycles. The van der Waals surface area contributed by atoms with Crippen LogP contribution < -0.4 is 9.47 Å². The maximum absolute atomic E-state index is 9.25. The fraction of sp³-hybridized carbons (Fsp3) is 0.400. The van der Waals surface area contributed by atoms with Crippen LogP contribution in [0, 0.1) is 17.2 Å². The van der Waals surface area contributed by atoms with Crippen LogP contribution in [0.15, 0.2) is 12.3 Å². The summed E-state index contributed by atoms with van der Waals surface area (Å²) in [6.07, 6.45) is 2.38. The Kier molecular flexibility index (Phi) is 4.04. The highest BCUT2D eigenvalue weighted by Gasteiger charge is 2.40. The van der Waals surface area contributed by atoms with Gasteiger partial charge in [-0.25, -0.2) is 4.98 Å². The zero-order valence-electron chi connectivity index (χ0n) is 12.7. The van der Waals surface area contributed by atoms with E-state index in [0.29, 0.717) is 17.1 Å². The molecule has 23 heavy (non-hydrogen) atoms. The predicted octanol–water partition coefficient (Wildman–Crippen LogP) is 0.918. The average Bonchev–Trinajstić information content (AvgIpc) is 3.40. The lowest BCUT2D eigenvalue weighted by Gasteiger charge is -2.09. The van der Waals surface area contributed by atoms with Gasteiger partial charge < -0.3 is 14.6 Å². The molecule has 1 unspecified atom stereocenters. The lowest BCUT2D eigenvalue weighted by Crippen LogP contribution is -2.02. The third kappa shape index (κ3) is 2.78. The Labute approximate surface area is 132 Å². The van der Waals surface area contributed by atoms with Gasteiger partial charge in [0.1, 0.15) is 11.8 Å². The number of methoxy groups -OCH3 is 2. The third-order valence-corrected chi connectivity index (χ3v) is 3.87. The molecular weight excluding hydrogens is 298 g/mol. The van der Waals surface area contributed by atoms with E-state index in [9.17, 15) is 10.4 Å². The Balaban J connectivity index is 2.04. The van der Waals surface area contributed by atoms with Gasteiger partial charge in [0.25, 0.3) is 0 Å². The molecule has 0 radical (unpaired) electrons. The van der Waals surface area contributed by atoms with E-state index in [-0.39, 0.29) is 30.1 Å². The molecule has 2 aromatic rings. The van der Waals surface area contributed by atoms with Gasteiger partial charge >= 0.3 is 6.01 Å². The van der Waals surface area contributed by atoms with Crippen molar-refractivity contribution >= 4 is 0 Å². The molecule has 8 heteroatoms. The smallest absolute Gasteiger partial charge is 0.319 e. The van der Waals surface area contributed by atoms with E-state index in [1.807, 2.05) is 6.07 Å². The summed E-state index contributed by atoms with van der Waals surface area (Å²) < 4.78 is 10.2. The predicted molar refractivity (Wildman–Crippen MR) is 78.8 cm³/mol. The first-order chi connectivity index (χ1) is 11.2. The fourth-order valence-corrected chi connectivity index (χ4v) is 2.52. The molecule has 0 bridgehead atoms. The number of aliphatic hydroxyl groups excluding tert-OH is 1. The molecule has 0 saturated heterocycles. The van der Waals surface area contributed by atoms with Gasteiger partial charge in [0.05, 0.1) is 19.8 Å². The molecule has 2 aromatic heterocycles. The van der Waals surface area contributed by atoms with Crippen molar-refractivity contribution in [2.24, 2.45) is 5.92 Å². The first-order valence-corrected chi connectivity index (χ1v) is 7.05. The number of hydrogen-bond acceptors (Lipinski definition) is 8. The van der Waals surface area contributed by atoms with Gasteiger partial charge in [0.2, 0.25) is 5.88 Å². The van der Waals surface area contributed by atoms with Gasteiger partial charge in [-0.15, -0.1) is 10.2 Å². The Bertz CT molecular complexity index is 774. The van der Waals surface area contributed by atoms with Crippen LogP contribution in [0.4, 0.5) is 0 Å². The topological polar surface area (TPSA) is 114 Å². The summed E-state index contributed by atoms with van der Waals surface area (Å²) in [4.78, 5) is 8.18. The summed E-state index contributed by atoms with van der Waals surface area (Å²) in [6.45, 7) is 0.0994. The van der Waals surface area contributed by atoms with Crippen molar-refractivity contribution in [2.45, 2.75) is 12.3 Å². The van der Waals surface area contributed by atoms with E-state index >= 15 is 0 Å². The second-order valence-electron chi connectivity index (χ2n) is 5.21. The highest BCUT2D eigenvalue weighted by molar-refractivity contribution is 5.65. The summed E-state index contributed by atoms with van der Waals surface area (Å²) >= 11 is 0. The van der Waals surface area contributed by atoms with E-state index in [1.54, 1.807) is 12.3 Å². The van der Waals surface area contributed by atoms with Crippen molar-refractivity contribution in [1.82, 2.24) is 20.2 Å². The van der Waals surface area contributed by atoms with Crippen LogP contribution in [0.1, 0.15) is 23.6 Å². The molecule has 118 valence electrons. The maximum atomic E-state index is 9.25. The minimum Gasteiger partial charge on any atom is -0.480 e. The highest BCUT2D eigenvalue weighted by Crippen LogP contribution is 2.48. The van der Waals surface area contributed by atoms with Crippen LogP contribution in [0.2, 0.25) is 0 Å². The Morgan fingerprint density at radius 3 is 2.78 bits per heavy atom. The second-order valence-corrected chi connectivity index (χ2v) is 5.21. The molecule has 0 amide bonds. The van der Waals surface area contributed by atoms with Crippen LogP contribution in [0.25, 0.3) is 11.3 Å². The molecule has 0 aromatic carbocycles. The van der Waals surface area contributed by atoms with E-state index < -0.39 is 0 Å². The van der Waals surface area contributed by atoms with Crippen molar-refractivity contribution < 1.29 is 14.6 Å². The standard InChI is InChI=1S/C15H15N5O3/c1-22-14-11(6-17-15(18-14)23-2)12-4-10(9-3-8(9)7-21)13(5-16)20-19-12/h4,6,8-9,21H,3,7H2,1-2H3/t8?,9-/m0/s1. The largest absolute Gasteiger partial charge is 0.480 e. The van der Waals surface area contributed by atoms with Crippen molar-refractivity contribution in [2.75, 3.05) is 20.8 Å². The van der Waals surface area contributed by atoms with Gasteiger partial charge in [0, 0.05) is 12.8 Å². The second kappa shape index (κ2) is 6.14. The van der Waals surface area contributed by atoms with Crippen LogP contribution in [-0.2, 0) is 0 Å². The number of hydrogen-bond donors (Lipinski definition) is 1. The van der Waals surface area contributed by atoms with Gasteiger partial charge in [-0.1, -0.05) is 0 Å². The molecule has 0 aliphatic heterocycles. The van der Waals surface area contributed by atoms with Crippen LogP contribution in [0.3, 0.4) is 0 Å². The quantitative estimate of drug-likeness (QED) is 0.866. The van der Waals surface area contributed by atoms with Gasteiger partial charge in [-0.05, 0) is 29.9 Å². The molecular formula is C15H15N5O3. The number of ether oxygens (including phenoxy) is 2. The lowest BCUT2D eigenvalue weighted by molar-refractivity contribution is 0.274. The number of aliphatic hydroxyl groups is 1. The first-order valence-electron chi connectivity index (χ1n) is 7.05. The molecule has 0 spiro atoms. The molecule has 8 nitrogen and oxygen atoms in total. The molecule has 3 rings (SSSR count). The van der Waals surface area contributed by atoms with Gasteiger partial charge in [-0.2, -0.15) is 10.2 Å². The number of nitrogens with zero attached hydrogens (tertiary/aromatic N) is 5. The minimum atomic E-state index is 0.0994. The Morgan fingerprint density at radius 2 is 2.17 bits per heavy atom. The number of nitriles is 1. The maximum Gasteiger partial charge on any atom is 0.319 e. The molecule has 1 aliphatic rings. The Hall–Kier alpha value is -2.79. The van der Waals surface area contributed by atoms with Crippen molar-refractivity contribution in [1.29, 1.82) is 5.26 Å². The van der Waals surface area contributed by atoms with Crippen molar-refractivity contribution in [3.05, 3.63) is 23.5 Å². The van der Waals surface area contributed by atoms with Crippen molar-refractivity contribution in [3.63, 3.8) is 0 Å². The number of rotatable bonds is 5. The molecule has 2 heterocycles. The van der Waals surface area contributed by atoms with E-state index in [4.69, 9.17) is 9.47 Å². The molecule has 1 fully saturated rings. The van der Waals surface area contributed by atoms with E-state index in [0.717, 1.165) is 12.0 Å². The first kappa shape index (κ1) is 15.1. The Morgan fingerprint density at radius 1 is 1.35 bits per heavy atom. The van der Waals surface area contributed by atoms with Crippen LogP contribution in [0.5, 0.6) is 11.9 Å². The van der Waals surface area contributed by atoms with Crippen LogP contribution >= 0.6 is 0 Å². The molecule has 1 N–H and O–H groups in total. The monoisotopic (exact) mass is 313 g/mol. The lowest BCUT2D eigenvalue weighted by atomic mass is 10.1. The van der Waals surface area contributed by atoms with Gasteiger partial charge in [0.15, 0.2) is 5.69 Å². The third-order valence-electron chi connectivity index (χ3n) is 3.87. The normalized spacial score (nSPS) is 19.0. The zero-order chi connectivity index (χ0) is 16.4. The summed E-state index contributed by atoms with van der Waals surface area (Å²) in [5, 5.41) is 26.5. The van der Waals surface area contributed by atoms with E-state index in [1.165, 1.54) is 14.2 Å².